The first-order valence-electron chi connectivity index (χ1n) is 5.47. The molecule has 0 bridgehead atoms. The second-order valence-electron chi connectivity index (χ2n) is 4.50. The van der Waals surface area contributed by atoms with Crippen LogP contribution in [0.25, 0.3) is 0 Å². The SMILES string of the molecule is CC(C)NCC(C)C(C)c1cscc1Br. The fraction of sp³-hybridized carbons (Fsp3) is 0.667. The summed E-state index contributed by atoms with van der Waals surface area (Å²) in [5.74, 6) is 1.27. The van der Waals surface area contributed by atoms with Crippen LogP contribution in [0.1, 0.15) is 39.2 Å². The van der Waals surface area contributed by atoms with Crippen LogP contribution in [0, 0.1) is 5.92 Å². The van der Waals surface area contributed by atoms with Crippen LogP contribution < -0.4 is 5.32 Å². The smallest absolute Gasteiger partial charge is 0.0317 e. The lowest BCUT2D eigenvalue weighted by Crippen LogP contribution is -2.29. The molecule has 0 radical (unpaired) electrons. The van der Waals surface area contributed by atoms with Gasteiger partial charge in [-0.1, -0.05) is 27.7 Å². The zero-order chi connectivity index (χ0) is 11.4. The summed E-state index contributed by atoms with van der Waals surface area (Å²) in [6, 6.07) is 0.575. The Morgan fingerprint density at radius 2 is 1.93 bits per heavy atom. The topological polar surface area (TPSA) is 12.0 Å². The van der Waals surface area contributed by atoms with Crippen LogP contribution in [0.2, 0.25) is 0 Å². The van der Waals surface area contributed by atoms with Crippen LogP contribution in [-0.4, -0.2) is 12.6 Å². The molecule has 0 fully saturated rings. The zero-order valence-electron chi connectivity index (χ0n) is 9.88. The van der Waals surface area contributed by atoms with Crippen LogP contribution in [0.5, 0.6) is 0 Å². The van der Waals surface area contributed by atoms with Crippen molar-refractivity contribution in [2.45, 2.75) is 39.7 Å². The number of hydrogen-bond donors (Lipinski definition) is 1. The van der Waals surface area contributed by atoms with Crippen molar-refractivity contribution in [1.82, 2.24) is 5.32 Å². The maximum absolute atomic E-state index is 3.61. The minimum absolute atomic E-state index is 0.575. The van der Waals surface area contributed by atoms with Crippen LogP contribution in [0.3, 0.4) is 0 Å². The molecule has 0 aliphatic carbocycles. The van der Waals surface area contributed by atoms with Crippen LogP contribution >= 0.6 is 27.3 Å². The van der Waals surface area contributed by atoms with Gasteiger partial charge in [0.2, 0.25) is 0 Å². The second-order valence-corrected chi connectivity index (χ2v) is 6.10. The quantitative estimate of drug-likeness (QED) is 0.855. The van der Waals surface area contributed by atoms with E-state index in [9.17, 15) is 0 Å². The molecular formula is C12H20BrNS. The third-order valence-electron chi connectivity index (χ3n) is 2.83. The summed E-state index contributed by atoms with van der Waals surface area (Å²) in [7, 11) is 0. The van der Waals surface area contributed by atoms with Crippen molar-refractivity contribution in [2.75, 3.05) is 6.54 Å². The van der Waals surface area contributed by atoms with Gasteiger partial charge in [-0.2, -0.15) is 11.3 Å². The van der Waals surface area contributed by atoms with Gasteiger partial charge in [-0.25, -0.2) is 0 Å². The molecule has 86 valence electrons. The monoisotopic (exact) mass is 289 g/mol. The molecular weight excluding hydrogens is 270 g/mol. The highest BCUT2D eigenvalue weighted by Crippen LogP contribution is 2.32. The first kappa shape index (κ1) is 13.2. The van der Waals surface area contributed by atoms with E-state index >= 15 is 0 Å². The van der Waals surface area contributed by atoms with E-state index in [0.717, 1.165) is 6.54 Å². The van der Waals surface area contributed by atoms with Gasteiger partial charge in [0.05, 0.1) is 0 Å². The molecule has 0 amide bonds. The summed E-state index contributed by atoms with van der Waals surface area (Å²) < 4.78 is 1.26. The number of nitrogens with one attached hydrogen (secondary N) is 1. The van der Waals surface area contributed by atoms with E-state index in [1.165, 1.54) is 10.0 Å². The van der Waals surface area contributed by atoms with Crippen molar-refractivity contribution in [2.24, 2.45) is 5.92 Å². The Labute approximate surface area is 105 Å². The lowest BCUT2D eigenvalue weighted by Gasteiger charge is -2.21. The standard InChI is InChI=1S/C12H20BrNS/c1-8(2)14-5-9(3)10(4)11-6-15-7-12(11)13/h6-10,14H,5H2,1-4H3. The molecule has 0 aliphatic heterocycles. The van der Waals surface area contributed by atoms with E-state index in [2.05, 4.69) is 59.7 Å². The largest absolute Gasteiger partial charge is 0.314 e. The van der Waals surface area contributed by atoms with Crippen LogP contribution in [0.15, 0.2) is 15.2 Å². The van der Waals surface area contributed by atoms with Gasteiger partial charge in [-0.3, -0.25) is 0 Å². The zero-order valence-corrected chi connectivity index (χ0v) is 12.3. The lowest BCUT2D eigenvalue weighted by atomic mass is 9.90. The third kappa shape index (κ3) is 3.89. The second kappa shape index (κ2) is 6.02. The molecule has 0 aliphatic rings. The summed E-state index contributed by atoms with van der Waals surface area (Å²) in [5.41, 5.74) is 1.44. The molecule has 1 aromatic rings. The van der Waals surface area contributed by atoms with Crippen LogP contribution in [0.4, 0.5) is 0 Å². The van der Waals surface area contributed by atoms with E-state index < -0.39 is 0 Å². The number of halogens is 1. The fourth-order valence-electron chi connectivity index (χ4n) is 1.52. The molecule has 0 saturated heterocycles. The molecule has 0 saturated carbocycles. The van der Waals surface area contributed by atoms with Gasteiger partial charge in [-0.15, -0.1) is 0 Å². The third-order valence-corrected chi connectivity index (χ3v) is 4.59. The Kier molecular flexibility index (Phi) is 5.30. The highest BCUT2D eigenvalue weighted by Gasteiger charge is 2.17. The van der Waals surface area contributed by atoms with E-state index in [1.54, 1.807) is 11.3 Å². The average molecular weight is 290 g/mol. The summed E-state index contributed by atoms with van der Waals surface area (Å²) in [6.07, 6.45) is 0. The lowest BCUT2D eigenvalue weighted by molar-refractivity contribution is 0.426. The summed E-state index contributed by atoms with van der Waals surface area (Å²) in [6.45, 7) is 10.1. The predicted octanol–water partition coefficient (Wildman–Crippen LogP) is 4.25. The van der Waals surface area contributed by atoms with Crippen molar-refractivity contribution in [1.29, 1.82) is 0 Å². The summed E-state index contributed by atoms with van der Waals surface area (Å²) >= 11 is 5.37. The Balaban J connectivity index is 2.53. The Bertz CT molecular complexity index is 296. The molecule has 1 N–H and O–H groups in total. The predicted molar refractivity (Wildman–Crippen MR) is 72.7 cm³/mol. The number of rotatable bonds is 5. The van der Waals surface area contributed by atoms with Crippen molar-refractivity contribution in [3.63, 3.8) is 0 Å². The first-order valence-corrected chi connectivity index (χ1v) is 7.21. The maximum atomic E-state index is 3.61. The minimum Gasteiger partial charge on any atom is -0.314 e. The molecule has 1 rings (SSSR count). The molecule has 0 spiro atoms. The number of thiophene rings is 1. The van der Waals surface area contributed by atoms with Gasteiger partial charge in [0.25, 0.3) is 0 Å². The van der Waals surface area contributed by atoms with Gasteiger partial charge in [0, 0.05) is 15.9 Å². The van der Waals surface area contributed by atoms with Gasteiger partial charge < -0.3 is 5.32 Å². The molecule has 3 heteroatoms. The average Bonchev–Trinajstić information content (AvgIpc) is 2.59. The Hall–Kier alpha value is 0.140. The van der Waals surface area contributed by atoms with E-state index in [0.29, 0.717) is 17.9 Å². The highest BCUT2D eigenvalue weighted by atomic mass is 79.9. The highest BCUT2D eigenvalue weighted by molar-refractivity contribution is 9.10. The van der Waals surface area contributed by atoms with E-state index in [-0.39, 0.29) is 0 Å². The van der Waals surface area contributed by atoms with Gasteiger partial charge >= 0.3 is 0 Å². The Morgan fingerprint density at radius 1 is 1.27 bits per heavy atom. The molecule has 15 heavy (non-hydrogen) atoms. The van der Waals surface area contributed by atoms with Crippen LogP contribution in [-0.2, 0) is 0 Å². The molecule has 2 unspecified atom stereocenters. The van der Waals surface area contributed by atoms with Crippen molar-refractivity contribution < 1.29 is 0 Å². The summed E-state index contributed by atoms with van der Waals surface area (Å²) in [5, 5.41) is 7.91. The van der Waals surface area contributed by atoms with Gasteiger partial charge in [0.15, 0.2) is 0 Å². The number of hydrogen-bond acceptors (Lipinski definition) is 2. The van der Waals surface area contributed by atoms with Crippen molar-refractivity contribution >= 4 is 27.3 Å². The molecule has 1 heterocycles. The van der Waals surface area contributed by atoms with Gasteiger partial charge in [-0.05, 0) is 45.3 Å². The first-order chi connectivity index (χ1) is 7.02. The molecule has 1 nitrogen and oxygen atoms in total. The van der Waals surface area contributed by atoms with E-state index in [4.69, 9.17) is 0 Å². The fourth-order valence-corrected chi connectivity index (χ4v) is 3.28. The maximum Gasteiger partial charge on any atom is 0.0317 e. The molecule has 2 atom stereocenters. The molecule has 1 aromatic heterocycles. The van der Waals surface area contributed by atoms with Crippen molar-refractivity contribution in [3.8, 4) is 0 Å². The summed E-state index contributed by atoms with van der Waals surface area (Å²) in [4.78, 5) is 0. The Morgan fingerprint density at radius 3 is 2.40 bits per heavy atom. The van der Waals surface area contributed by atoms with E-state index in [1.807, 2.05) is 0 Å². The normalized spacial score (nSPS) is 15.6. The molecule has 0 aromatic carbocycles. The van der Waals surface area contributed by atoms with Gasteiger partial charge in [0.1, 0.15) is 0 Å². The van der Waals surface area contributed by atoms with Crippen molar-refractivity contribution in [3.05, 3.63) is 20.8 Å². The minimum atomic E-state index is 0.575.